The number of hydrogen-bond donors (Lipinski definition) is 2. The minimum atomic E-state index is 0.112. The first-order chi connectivity index (χ1) is 10.2. The summed E-state index contributed by atoms with van der Waals surface area (Å²) in [6.07, 6.45) is 1.14. The molecule has 1 amide bonds. The molecule has 4 atom stereocenters. The summed E-state index contributed by atoms with van der Waals surface area (Å²) in [4.78, 5) is 15.9. The number of nitrogens with zero attached hydrogens (tertiary/aromatic N) is 1. The van der Waals surface area contributed by atoms with Crippen LogP contribution in [0.5, 0.6) is 0 Å². The molecule has 4 nitrogen and oxygen atoms in total. The van der Waals surface area contributed by atoms with Crippen LogP contribution in [-0.2, 0) is 4.79 Å². The molecule has 0 aliphatic carbocycles. The van der Waals surface area contributed by atoms with E-state index in [1.54, 1.807) is 11.3 Å². The Morgan fingerprint density at radius 2 is 2.43 bits per heavy atom. The van der Waals surface area contributed by atoms with Crippen LogP contribution in [0, 0.1) is 11.8 Å². The summed E-state index contributed by atoms with van der Waals surface area (Å²) in [5, 5.41) is 8.68. The van der Waals surface area contributed by atoms with Crippen LogP contribution in [0.4, 0.5) is 0 Å². The third-order valence-corrected chi connectivity index (χ3v) is 5.99. The lowest BCUT2D eigenvalue weighted by Gasteiger charge is -2.26. The van der Waals surface area contributed by atoms with Gasteiger partial charge < -0.3 is 10.6 Å². The van der Waals surface area contributed by atoms with Gasteiger partial charge in [-0.3, -0.25) is 9.69 Å². The van der Waals surface area contributed by atoms with Crippen molar-refractivity contribution < 1.29 is 4.79 Å². The second kappa shape index (κ2) is 6.46. The number of hydrogen-bond acceptors (Lipinski definition) is 4. The van der Waals surface area contributed by atoms with Gasteiger partial charge >= 0.3 is 0 Å². The van der Waals surface area contributed by atoms with Crippen molar-refractivity contribution in [3.63, 3.8) is 0 Å². The van der Waals surface area contributed by atoms with E-state index >= 15 is 0 Å². The van der Waals surface area contributed by atoms with Crippen molar-refractivity contribution in [2.45, 2.75) is 32.4 Å². The monoisotopic (exact) mass is 307 g/mol. The molecule has 5 heteroatoms. The van der Waals surface area contributed by atoms with E-state index in [0.717, 1.165) is 37.9 Å². The standard InChI is InChI=1S/C16H25N3OS/c1-3-14-13-8-17-7-12(13)9-19(14)10-16(20)18-11(2)15-5-4-6-21-15/h4-6,11-14,17H,3,7-10H2,1-2H3,(H,18,20). The number of carbonyl (C=O) groups excluding carboxylic acids is 1. The molecule has 2 aliphatic heterocycles. The Labute approximate surface area is 130 Å². The van der Waals surface area contributed by atoms with E-state index in [9.17, 15) is 4.79 Å². The van der Waals surface area contributed by atoms with Crippen molar-refractivity contribution in [3.8, 4) is 0 Å². The highest BCUT2D eigenvalue weighted by Gasteiger charge is 2.43. The van der Waals surface area contributed by atoms with Gasteiger partial charge in [-0.15, -0.1) is 11.3 Å². The predicted octanol–water partition coefficient (Wildman–Crippen LogP) is 1.86. The Morgan fingerprint density at radius 3 is 3.14 bits per heavy atom. The molecule has 0 aromatic carbocycles. The van der Waals surface area contributed by atoms with Crippen LogP contribution in [0.25, 0.3) is 0 Å². The van der Waals surface area contributed by atoms with Crippen molar-refractivity contribution in [1.29, 1.82) is 0 Å². The van der Waals surface area contributed by atoms with Crippen LogP contribution in [0.15, 0.2) is 17.5 Å². The largest absolute Gasteiger partial charge is 0.348 e. The van der Waals surface area contributed by atoms with E-state index < -0.39 is 0 Å². The molecule has 0 saturated carbocycles. The van der Waals surface area contributed by atoms with Gasteiger partial charge in [-0.25, -0.2) is 0 Å². The Morgan fingerprint density at radius 1 is 1.57 bits per heavy atom. The van der Waals surface area contributed by atoms with Crippen molar-refractivity contribution in [3.05, 3.63) is 22.4 Å². The second-order valence-corrected chi connectivity index (χ2v) is 7.27. The van der Waals surface area contributed by atoms with Gasteiger partial charge in [0.15, 0.2) is 0 Å². The first-order valence-corrected chi connectivity index (χ1v) is 8.84. The fourth-order valence-electron chi connectivity index (χ4n) is 3.93. The van der Waals surface area contributed by atoms with Crippen molar-refractivity contribution in [2.24, 2.45) is 11.8 Å². The molecule has 2 N–H and O–H groups in total. The van der Waals surface area contributed by atoms with E-state index in [1.807, 2.05) is 6.07 Å². The molecule has 21 heavy (non-hydrogen) atoms. The summed E-state index contributed by atoms with van der Waals surface area (Å²) in [6.45, 7) is 8.14. The molecular formula is C16H25N3OS. The zero-order valence-corrected chi connectivity index (χ0v) is 13.7. The minimum absolute atomic E-state index is 0.112. The Balaban J connectivity index is 1.55. The maximum absolute atomic E-state index is 12.3. The molecule has 3 heterocycles. The molecule has 2 fully saturated rings. The molecular weight excluding hydrogens is 282 g/mol. The van der Waals surface area contributed by atoms with Crippen LogP contribution in [0.3, 0.4) is 0 Å². The Kier molecular flexibility index (Phi) is 4.62. The molecule has 0 bridgehead atoms. The average Bonchev–Trinajstić information content (AvgIpc) is 3.14. The third-order valence-electron chi connectivity index (χ3n) is 4.94. The zero-order valence-electron chi connectivity index (χ0n) is 12.8. The van der Waals surface area contributed by atoms with Crippen LogP contribution in [0.1, 0.15) is 31.2 Å². The summed E-state index contributed by atoms with van der Waals surface area (Å²) in [5.74, 6) is 1.62. The van der Waals surface area contributed by atoms with Gasteiger partial charge in [0.05, 0.1) is 12.6 Å². The quantitative estimate of drug-likeness (QED) is 0.873. The highest BCUT2D eigenvalue weighted by molar-refractivity contribution is 7.10. The van der Waals surface area contributed by atoms with Gasteiger partial charge in [0.1, 0.15) is 0 Å². The van der Waals surface area contributed by atoms with E-state index in [0.29, 0.717) is 12.6 Å². The third kappa shape index (κ3) is 3.15. The van der Waals surface area contributed by atoms with E-state index in [-0.39, 0.29) is 11.9 Å². The number of amides is 1. The molecule has 0 radical (unpaired) electrons. The Bertz CT molecular complexity index is 476. The molecule has 3 rings (SSSR count). The topological polar surface area (TPSA) is 44.4 Å². The molecule has 2 saturated heterocycles. The molecule has 1 aromatic heterocycles. The highest BCUT2D eigenvalue weighted by Crippen LogP contribution is 2.33. The molecule has 1 aromatic rings. The number of nitrogens with one attached hydrogen (secondary N) is 2. The maximum atomic E-state index is 12.3. The minimum Gasteiger partial charge on any atom is -0.348 e. The molecule has 116 valence electrons. The van der Waals surface area contributed by atoms with Gasteiger partial charge in [0, 0.05) is 17.5 Å². The van der Waals surface area contributed by atoms with E-state index in [4.69, 9.17) is 0 Å². The lowest BCUT2D eigenvalue weighted by molar-refractivity contribution is -0.123. The van der Waals surface area contributed by atoms with Crippen LogP contribution >= 0.6 is 11.3 Å². The number of fused-ring (bicyclic) bond motifs is 1. The fourth-order valence-corrected chi connectivity index (χ4v) is 4.67. The van der Waals surface area contributed by atoms with E-state index in [2.05, 4.69) is 40.8 Å². The maximum Gasteiger partial charge on any atom is 0.234 e. The summed E-state index contributed by atoms with van der Waals surface area (Å²) in [5.41, 5.74) is 0. The van der Waals surface area contributed by atoms with Gasteiger partial charge in [0.25, 0.3) is 0 Å². The SMILES string of the molecule is CCC1C2CNCC2CN1CC(=O)NC(C)c1cccs1. The van der Waals surface area contributed by atoms with Crippen molar-refractivity contribution in [1.82, 2.24) is 15.5 Å². The summed E-state index contributed by atoms with van der Waals surface area (Å²) >= 11 is 1.70. The van der Waals surface area contributed by atoms with Gasteiger partial charge in [-0.05, 0) is 49.7 Å². The fraction of sp³-hybridized carbons (Fsp3) is 0.688. The summed E-state index contributed by atoms with van der Waals surface area (Å²) in [6, 6.07) is 4.79. The van der Waals surface area contributed by atoms with Crippen molar-refractivity contribution in [2.75, 3.05) is 26.2 Å². The van der Waals surface area contributed by atoms with Gasteiger partial charge in [-0.2, -0.15) is 0 Å². The molecule has 0 spiro atoms. The lowest BCUT2D eigenvalue weighted by Crippen LogP contribution is -2.42. The number of carbonyl (C=O) groups is 1. The number of thiophene rings is 1. The van der Waals surface area contributed by atoms with Crippen molar-refractivity contribution >= 4 is 17.2 Å². The second-order valence-electron chi connectivity index (χ2n) is 6.29. The highest BCUT2D eigenvalue weighted by atomic mass is 32.1. The van der Waals surface area contributed by atoms with Crippen LogP contribution in [0.2, 0.25) is 0 Å². The lowest BCUT2D eigenvalue weighted by atomic mass is 9.93. The summed E-state index contributed by atoms with van der Waals surface area (Å²) < 4.78 is 0. The smallest absolute Gasteiger partial charge is 0.234 e. The normalized spacial score (nSPS) is 30.3. The molecule has 4 unspecified atom stereocenters. The van der Waals surface area contributed by atoms with Crippen LogP contribution < -0.4 is 10.6 Å². The number of rotatable bonds is 5. The Hall–Kier alpha value is -0.910. The first-order valence-electron chi connectivity index (χ1n) is 7.96. The first kappa shape index (κ1) is 15.0. The average molecular weight is 307 g/mol. The zero-order chi connectivity index (χ0) is 14.8. The van der Waals surface area contributed by atoms with Gasteiger partial charge in [0.2, 0.25) is 5.91 Å². The molecule has 2 aliphatic rings. The predicted molar refractivity (Wildman–Crippen MR) is 86.4 cm³/mol. The number of likely N-dealkylation sites (tertiary alicyclic amines) is 1. The van der Waals surface area contributed by atoms with Gasteiger partial charge in [-0.1, -0.05) is 13.0 Å². The summed E-state index contributed by atoms with van der Waals surface area (Å²) in [7, 11) is 0. The van der Waals surface area contributed by atoms with E-state index in [1.165, 1.54) is 4.88 Å². The van der Waals surface area contributed by atoms with Crippen LogP contribution in [-0.4, -0.2) is 43.0 Å².